The van der Waals surface area contributed by atoms with Gasteiger partial charge in [-0.2, -0.15) is 5.10 Å². The third kappa shape index (κ3) is 6.67. The Morgan fingerprint density at radius 3 is 2.17 bits per heavy atom. The topological polar surface area (TPSA) is 115 Å². The van der Waals surface area contributed by atoms with Gasteiger partial charge in [0.15, 0.2) is 0 Å². The van der Waals surface area contributed by atoms with E-state index in [-0.39, 0.29) is 0 Å². The smallest absolute Gasteiger partial charge is 0.343 e. The van der Waals surface area contributed by atoms with Gasteiger partial charge < -0.3 is 19.5 Å². The Morgan fingerprint density at radius 1 is 0.800 bits per heavy atom. The Bertz CT molecular complexity index is 1270. The second kappa shape index (κ2) is 11.5. The Labute approximate surface area is 202 Å². The number of ether oxygens (including phenoxy) is 3. The summed E-state index contributed by atoms with van der Waals surface area (Å²) < 4.78 is 15.7. The number of benzene rings is 3. The number of nitrogens with one attached hydrogen (secondary N) is 2. The number of hydrogen-bond donors (Lipinski definition) is 2. The van der Waals surface area contributed by atoms with E-state index in [2.05, 4.69) is 15.8 Å². The SMILES string of the molecule is COc1ccc(NC(=O)C(=O)N/N=C(\C)c2ccc(OC(=O)c3cccc(C)c3)cc2)c(OC)c1. The molecule has 9 heteroatoms. The van der Waals surface area contributed by atoms with Gasteiger partial charge in [-0.15, -0.1) is 0 Å². The van der Waals surface area contributed by atoms with E-state index in [4.69, 9.17) is 14.2 Å². The van der Waals surface area contributed by atoms with Crippen molar-refractivity contribution in [2.45, 2.75) is 13.8 Å². The van der Waals surface area contributed by atoms with E-state index in [9.17, 15) is 14.4 Å². The molecule has 2 N–H and O–H groups in total. The molecular formula is C26H25N3O6. The summed E-state index contributed by atoms with van der Waals surface area (Å²) in [5, 5.41) is 6.44. The van der Waals surface area contributed by atoms with Gasteiger partial charge in [0, 0.05) is 6.07 Å². The van der Waals surface area contributed by atoms with Crippen molar-refractivity contribution < 1.29 is 28.6 Å². The molecule has 3 aromatic carbocycles. The lowest BCUT2D eigenvalue weighted by Crippen LogP contribution is -2.33. The molecule has 0 aliphatic carbocycles. The largest absolute Gasteiger partial charge is 0.497 e. The Kier molecular flexibility index (Phi) is 8.18. The zero-order valence-corrected chi connectivity index (χ0v) is 19.7. The second-order valence-corrected chi connectivity index (χ2v) is 7.44. The van der Waals surface area contributed by atoms with Crippen LogP contribution < -0.4 is 25.0 Å². The minimum absolute atomic E-state index is 0.310. The predicted octanol–water partition coefficient (Wildman–Crippen LogP) is 3.71. The molecule has 0 atom stereocenters. The highest BCUT2D eigenvalue weighted by Crippen LogP contribution is 2.28. The first-order valence-electron chi connectivity index (χ1n) is 10.6. The monoisotopic (exact) mass is 475 g/mol. The molecule has 0 bridgehead atoms. The molecule has 0 radical (unpaired) electrons. The summed E-state index contributed by atoms with van der Waals surface area (Å²) >= 11 is 0. The fourth-order valence-electron chi connectivity index (χ4n) is 3.03. The number of nitrogens with zero attached hydrogens (tertiary/aromatic N) is 1. The summed E-state index contributed by atoms with van der Waals surface area (Å²) in [4.78, 5) is 36.7. The standard InChI is InChI=1S/C26H25N3O6/c1-16-6-5-7-19(14-16)26(32)35-20-10-8-18(9-11-20)17(2)28-29-25(31)24(30)27-22-13-12-21(33-3)15-23(22)34-4/h5-15H,1-4H3,(H,27,30)(H,29,31)/b28-17+. The molecule has 0 aromatic heterocycles. The van der Waals surface area contributed by atoms with E-state index in [1.807, 2.05) is 13.0 Å². The minimum Gasteiger partial charge on any atom is -0.497 e. The van der Waals surface area contributed by atoms with Crippen LogP contribution in [0, 0.1) is 6.92 Å². The van der Waals surface area contributed by atoms with Gasteiger partial charge in [0.1, 0.15) is 17.2 Å². The number of methoxy groups -OCH3 is 2. The first-order chi connectivity index (χ1) is 16.8. The van der Waals surface area contributed by atoms with Crippen LogP contribution in [0.2, 0.25) is 0 Å². The number of rotatable bonds is 7. The number of esters is 1. The van der Waals surface area contributed by atoms with Crippen molar-refractivity contribution in [3.63, 3.8) is 0 Å². The van der Waals surface area contributed by atoms with Crippen LogP contribution in [0.5, 0.6) is 17.2 Å². The summed E-state index contributed by atoms with van der Waals surface area (Å²) in [5.41, 5.74) is 5.06. The van der Waals surface area contributed by atoms with Crippen molar-refractivity contribution in [3.8, 4) is 17.2 Å². The predicted molar refractivity (Wildman–Crippen MR) is 131 cm³/mol. The van der Waals surface area contributed by atoms with Crippen molar-refractivity contribution in [1.82, 2.24) is 5.43 Å². The second-order valence-electron chi connectivity index (χ2n) is 7.44. The van der Waals surface area contributed by atoms with E-state index in [1.54, 1.807) is 67.6 Å². The van der Waals surface area contributed by atoms with Gasteiger partial charge in [-0.05, 0) is 67.9 Å². The van der Waals surface area contributed by atoms with Gasteiger partial charge in [-0.1, -0.05) is 17.7 Å². The number of anilines is 1. The van der Waals surface area contributed by atoms with E-state index in [1.165, 1.54) is 14.2 Å². The maximum Gasteiger partial charge on any atom is 0.343 e. The molecule has 180 valence electrons. The highest BCUT2D eigenvalue weighted by atomic mass is 16.5. The first kappa shape index (κ1) is 25.0. The fraction of sp³-hybridized carbons (Fsp3) is 0.154. The third-order valence-corrected chi connectivity index (χ3v) is 4.92. The highest BCUT2D eigenvalue weighted by Gasteiger charge is 2.16. The van der Waals surface area contributed by atoms with Gasteiger partial charge in [0.05, 0.1) is 31.2 Å². The lowest BCUT2D eigenvalue weighted by atomic mass is 10.1. The molecule has 0 saturated heterocycles. The van der Waals surface area contributed by atoms with Crippen molar-refractivity contribution >= 4 is 29.2 Å². The highest BCUT2D eigenvalue weighted by molar-refractivity contribution is 6.39. The molecular weight excluding hydrogens is 450 g/mol. The quantitative estimate of drug-likeness (QED) is 0.177. The van der Waals surface area contributed by atoms with Crippen LogP contribution in [-0.2, 0) is 9.59 Å². The lowest BCUT2D eigenvalue weighted by Gasteiger charge is -2.11. The molecule has 3 aromatic rings. The van der Waals surface area contributed by atoms with Gasteiger partial charge in [0.2, 0.25) is 0 Å². The van der Waals surface area contributed by atoms with Crippen molar-refractivity contribution in [3.05, 3.63) is 83.4 Å². The summed E-state index contributed by atoms with van der Waals surface area (Å²) in [6.07, 6.45) is 0. The number of hydrogen-bond acceptors (Lipinski definition) is 7. The number of carbonyl (C=O) groups excluding carboxylic acids is 3. The molecule has 3 rings (SSSR count). The normalized spacial score (nSPS) is 10.8. The van der Waals surface area contributed by atoms with Gasteiger partial charge in [0.25, 0.3) is 0 Å². The molecule has 0 heterocycles. The van der Waals surface area contributed by atoms with E-state index >= 15 is 0 Å². The van der Waals surface area contributed by atoms with Gasteiger partial charge in [-0.25, -0.2) is 10.2 Å². The first-order valence-corrected chi connectivity index (χ1v) is 10.6. The Balaban J connectivity index is 1.58. The molecule has 0 aliphatic rings. The third-order valence-electron chi connectivity index (χ3n) is 4.92. The molecule has 0 aliphatic heterocycles. The van der Waals surface area contributed by atoms with Crippen molar-refractivity contribution in [2.75, 3.05) is 19.5 Å². The Hall–Kier alpha value is -4.66. The molecule has 9 nitrogen and oxygen atoms in total. The summed E-state index contributed by atoms with van der Waals surface area (Å²) in [7, 11) is 2.94. The van der Waals surface area contributed by atoms with Gasteiger partial charge >= 0.3 is 17.8 Å². The van der Waals surface area contributed by atoms with Gasteiger partial charge in [-0.3, -0.25) is 9.59 Å². The molecule has 0 spiro atoms. The maximum atomic E-state index is 12.3. The van der Waals surface area contributed by atoms with Crippen molar-refractivity contribution in [2.24, 2.45) is 5.10 Å². The van der Waals surface area contributed by atoms with Crippen LogP contribution >= 0.6 is 0 Å². The van der Waals surface area contributed by atoms with E-state index < -0.39 is 17.8 Å². The van der Waals surface area contributed by atoms with Crippen LogP contribution in [0.25, 0.3) is 0 Å². The Morgan fingerprint density at radius 2 is 1.51 bits per heavy atom. The number of carbonyl (C=O) groups is 3. The summed E-state index contributed by atoms with van der Waals surface area (Å²) in [5.74, 6) is -1.08. The van der Waals surface area contributed by atoms with Crippen LogP contribution in [0.4, 0.5) is 5.69 Å². The maximum absolute atomic E-state index is 12.3. The van der Waals surface area contributed by atoms with Crippen LogP contribution in [0.1, 0.15) is 28.4 Å². The van der Waals surface area contributed by atoms with Crippen LogP contribution in [0.15, 0.2) is 71.8 Å². The zero-order chi connectivity index (χ0) is 25.4. The number of aryl methyl sites for hydroxylation is 1. The summed E-state index contributed by atoms with van der Waals surface area (Å²) in [6, 6.07) is 18.5. The summed E-state index contributed by atoms with van der Waals surface area (Å²) in [6.45, 7) is 3.56. The van der Waals surface area contributed by atoms with E-state index in [0.717, 1.165) is 5.56 Å². The van der Waals surface area contributed by atoms with E-state index in [0.29, 0.717) is 39.8 Å². The number of amides is 2. The average molecular weight is 476 g/mol. The fourth-order valence-corrected chi connectivity index (χ4v) is 3.03. The molecule has 0 fully saturated rings. The molecule has 0 saturated carbocycles. The zero-order valence-electron chi connectivity index (χ0n) is 19.7. The minimum atomic E-state index is -0.953. The van der Waals surface area contributed by atoms with Crippen LogP contribution in [0.3, 0.4) is 0 Å². The average Bonchev–Trinajstić information content (AvgIpc) is 2.87. The number of hydrazone groups is 1. The van der Waals surface area contributed by atoms with Crippen molar-refractivity contribution in [1.29, 1.82) is 0 Å². The molecule has 0 unspecified atom stereocenters. The van der Waals surface area contributed by atoms with Crippen LogP contribution in [-0.4, -0.2) is 37.7 Å². The molecule has 2 amide bonds. The lowest BCUT2D eigenvalue weighted by molar-refractivity contribution is -0.136. The molecule has 35 heavy (non-hydrogen) atoms.